The lowest BCUT2D eigenvalue weighted by Crippen LogP contribution is -2.56. The van der Waals surface area contributed by atoms with Gasteiger partial charge in [-0.15, -0.1) is 13.2 Å². The molecule has 3 aliphatic rings. The molecule has 3 fully saturated rings. The highest BCUT2D eigenvalue weighted by molar-refractivity contribution is 6.34. The van der Waals surface area contributed by atoms with Gasteiger partial charge in [0.05, 0.1) is 34.7 Å². The molecular formula is C39H48ClN3O7. The van der Waals surface area contributed by atoms with Crippen LogP contribution in [0.15, 0.2) is 73.8 Å². The van der Waals surface area contributed by atoms with E-state index in [0.717, 1.165) is 5.56 Å². The van der Waals surface area contributed by atoms with Crippen LogP contribution in [0.25, 0.3) is 0 Å². The van der Waals surface area contributed by atoms with Crippen LogP contribution in [0.4, 0.5) is 5.69 Å². The van der Waals surface area contributed by atoms with Crippen molar-refractivity contribution in [2.45, 2.75) is 82.3 Å². The number of aliphatic hydroxyl groups excluding tert-OH is 1. The number of nitrogens with zero attached hydrogens (tertiary/aromatic N) is 3. The fourth-order valence-corrected chi connectivity index (χ4v) is 8.32. The first kappa shape index (κ1) is 37.3. The van der Waals surface area contributed by atoms with Crippen molar-refractivity contribution in [1.82, 2.24) is 9.80 Å². The molecule has 2 aromatic carbocycles. The molecule has 1 spiro atoms. The van der Waals surface area contributed by atoms with E-state index in [0.29, 0.717) is 48.4 Å². The summed E-state index contributed by atoms with van der Waals surface area (Å²) in [5, 5.41) is 9.93. The van der Waals surface area contributed by atoms with E-state index in [1.165, 1.54) is 4.90 Å². The lowest BCUT2D eigenvalue weighted by molar-refractivity contribution is -0.164. The number of carbonyl (C=O) groups excluding carboxylic acids is 4. The van der Waals surface area contributed by atoms with Crippen molar-refractivity contribution in [1.29, 1.82) is 0 Å². The van der Waals surface area contributed by atoms with Gasteiger partial charge < -0.3 is 29.3 Å². The van der Waals surface area contributed by atoms with Crippen LogP contribution in [-0.2, 0) is 28.7 Å². The predicted octanol–water partition coefficient (Wildman–Crippen LogP) is 5.41. The number of likely N-dealkylation sites (tertiary alicyclic amines) is 1. The van der Waals surface area contributed by atoms with Gasteiger partial charge in [0, 0.05) is 33.2 Å². The first-order valence-electron chi connectivity index (χ1n) is 17.4. The Balaban J connectivity index is 1.50. The zero-order valence-corrected chi connectivity index (χ0v) is 29.9. The molecule has 0 unspecified atom stereocenters. The molecule has 0 aliphatic carbocycles. The third-order valence-corrected chi connectivity index (χ3v) is 10.8. The minimum atomic E-state index is -1.26. The number of ether oxygens (including phenoxy) is 2. The number of fused-ring (bicyclic) bond motifs is 1. The molecule has 2 bridgehead atoms. The number of halogens is 1. The van der Waals surface area contributed by atoms with E-state index in [1.807, 2.05) is 56.3 Å². The Morgan fingerprint density at radius 3 is 2.54 bits per heavy atom. The second-order valence-electron chi connectivity index (χ2n) is 13.5. The number of esters is 1. The number of hydrogen-bond acceptors (Lipinski definition) is 7. The van der Waals surface area contributed by atoms with Crippen molar-refractivity contribution in [3.63, 3.8) is 0 Å². The highest BCUT2D eigenvalue weighted by Gasteiger charge is 2.75. The number of carbonyl (C=O) groups is 4. The van der Waals surface area contributed by atoms with Gasteiger partial charge in [-0.25, -0.2) is 0 Å². The second kappa shape index (κ2) is 15.9. The van der Waals surface area contributed by atoms with Crippen molar-refractivity contribution >= 4 is 41.0 Å². The Bertz CT molecular complexity index is 1580. The van der Waals surface area contributed by atoms with Crippen molar-refractivity contribution in [2.75, 3.05) is 31.6 Å². The predicted molar refractivity (Wildman–Crippen MR) is 191 cm³/mol. The van der Waals surface area contributed by atoms with Crippen molar-refractivity contribution in [3.05, 3.63) is 90.0 Å². The van der Waals surface area contributed by atoms with Crippen LogP contribution in [0.5, 0.6) is 0 Å². The number of para-hydroxylation sites is 1. The molecule has 2 aromatic rings. The van der Waals surface area contributed by atoms with Crippen LogP contribution < -0.4 is 4.90 Å². The van der Waals surface area contributed by atoms with E-state index in [2.05, 4.69) is 13.2 Å². The lowest BCUT2D eigenvalue weighted by atomic mass is 9.70. The molecule has 1 N–H and O–H groups in total. The van der Waals surface area contributed by atoms with Crippen LogP contribution >= 0.6 is 11.6 Å². The molecule has 3 aliphatic heterocycles. The molecule has 3 saturated heterocycles. The highest BCUT2D eigenvalue weighted by Crippen LogP contribution is 2.59. The molecule has 11 heteroatoms. The third-order valence-electron chi connectivity index (χ3n) is 10.5. The maximum atomic E-state index is 14.8. The van der Waals surface area contributed by atoms with Crippen molar-refractivity contribution in [2.24, 2.45) is 11.8 Å². The first-order chi connectivity index (χ1) is 24.0. The molecule has 0 saturated carbocycles. The van der Waals surface area contributed by atoms with Crippen LogP contribution in [-0.4, -0.2) is 89.1 Å². The summed E-state index contributed by atoms with van der Waals surface area (Å²) in [7, 11) is 1.69. The van der Waals surface area contributed by atoms with E-state index in [-0.39, 0.29) is 43.8 Å². The average Bonchev–Trinajstić information content (AvgIpc) is 3.76. The van der Waals surface area contributed by atoms with Crippen molar-refractivity contribution < 1.29 is 33.8 Å². The molecule has 268 valence electrons. The fourth-order valence-electron chi connectivity index (χ4n) is 7.99. The molecule has 10 nitrogen and oxygen atoms in total. The Morgan fingerprint density at radius 2 is 1.88 bits per heavy atom. The third kappa shape index (κ3) is 6.85. The summed E-state index contributed by atoms with van der Waals surface area (Å²) >= 11 is 6.66. The largest absolute Gasteiger partial charge is 0.455 e. The van der Waals surface area contributed by atoms with Gasteiger partial charge in [-0.1, -0.05) is 66.2 Å². The van der Waals surface area contributed by atoms with Crippen molar-refractivity contribution in [3.8, 4) is 0 Å². The molecule has 5 rings (SSSR count). The van der Waals surface area contributed by atoms with E-state index < -0.39 is 47.7 Å². The molecule has 0 aromatic heterocycles. The van der Waals surface area contributed by atoms with Crippen LogP contribution in [0, 0.1) is 18.8 Å². The number of unbranched alkanes of at least 4 members (excludes halogenated alkanes) is 1. The summed E-state index contributed by atoms with van der Waals surface area (Å²) in [6, 6.07) is 13.1. The van der Waals surface area contributed by atoms with Gasteiger partial charge in [0.25, 0.3) is 5.91 Å². The minimum Gasteiger partial charge on any atom is -0.455 e. The number of allylic oxidation sites excluding steroid dienone is 1. The highest BCUT2D eigenvalue weighted by atomic mass is 35.5. The summed E-state index contributed by atoms with van der Waals surface area (Å²) < 4.78 is 13.0. The monoisotopic (exact) mass is 705 g/mol. The first-order valence-corrected chi connectivity index (χ1v) is 17.8. The maximum absolute atomic E-state index is 14.8. The number of anilines is 1. The summed E-state index contributed by atoms with van der Waals surface area (Å²) in [5.74, 6) is -3.33. The Morgan fingerprint density at radius 1 is 1.14 bits per heavy atom. The number of benzene rings is 2. The Hall–Kier alpha value is -3.99. The molecule has 0 radical (unpaired) electrons. The number of amides is 3. The standard InChI is InChI=1S/C39H48ClN3O7/c1-6-8-19-30(45)41(5)26(4)34(27-16-10-9-11-17-27)49-38(48)31-29-20-21-39(50-29)32(31)36(46)43(23-12-13-24-44)35(39)37(47)42(22-7-2)33-25(3)15-14-18-28(33)40/h6-7,9-11,14-18,26,29,31-32,34-35,44H,1-2,8,12-13,19-24H2,3-5H3/t26-,29+,31-,32-,34+,35+,39-/m1/s1. The molecule has 7 atom stereocenters. The van der Waals surface area contributed by atoms with Crippen LogP contribution in [0.2, 0.25) is 5.02 Å². The number of rotatable bonds is 16. The molecule has 3 heterocycles. The summed E-state index contributed by atoms with van der Waals surface area (Å²) in [5.41, 5.74) is 0.755. The second-order valence-corrected chi connectivity index (χ2v) is 13.9. The van der Waals surface area contributed by atoms with Crippen LogP contribution in [0.3, 0.4) is 0 Å². The maximum Gasteiger partial charge on any atom is 0.313 e. The van der Waals surface area contributed by atoms with Crippen LogP contribution in [0.1, 0.15) is 62.7 Å². The number of likely N-dealkylation sites (N-methyl/N-ethyl adjacent to an activating group) is 1. The van der Waals surface area contributed by atoms with E-state index in [1.54, 1.807) is 35.1 Å². The van der Waals surface area contributed by atoms with Gasteiger partial charge in [-0.2, -0.15) is 0 Å². The van der Waals surface area contributed by atoms with Gasteiger partial charge >= 0.3 is 5.97 Å². The zero-order valence-electron chi connectivity index (χ0n) is 29.1. The van der Waals surface area contributed by atoms with Gasteiger partial charge in [0.2, 0.25) is 11.8 Å². The molecule has 3 amide bonds. The minimum absolute atomic E-state index is 0.0618. The zero-order chi connectivity index (χ0) is 36.2. The van der Waals surface area contributed by atoms with E-state index >= 15 is 0 Å². The lowest BCUT2D eigenvalue weighted by Gasteiger charge is -2.37. The van der Waals surface area contributed by atoms with Gasteiger partial charge in [-0.05, 0) is 63.1 Å². The van der Waals surface area contributed by atoms with E-state index in [4.69, 9.17) is 21.1 Å². The fraction of sp³-hybridized carbons (Fsp3) is 0.487. The molecule has 50 heavy (non-hydrogen) atoms. The van der Waals surface area contributed by atoms with Gasteiger partial charge in [0.15, 0.2) is 0 Å². The Labute approximate surface area is 299 Å². The summed E-state index contributed by atoms with van der Waals surface area (Å²) in [6.45, 7) is 11.6. The topological polar surface area (TPSA) is 117 Å². The number of hydrogen-bond donors (Lipinski definition) is 1. The number of aryl methyl sites for hydroxylation is 1. The number of aliphatic hydroxyl groups is 1. The quantitative estimate of drug-likeness (QED) is 0.141. The summed E-state index contributed by atoms with van der Waals surface area (Å²) in [6.07, 6.45) is 4.42. The van der Waals surface area contributed by atoms with E-state index in [9.17, 15) is 24.3 Å². The average molecular weight is 706 g/mol. The van der Waals surface area contributed by atoms with Gasteiger partial charge in [-0.3, -0.25) is 19.2 Å². The summed E-state index contributed by atoms with van der Waals surface area (Å²) in [4.78, 5) is 61.5. The van der Waals surface area contributed by atoms with Gasteiger partial charge in [0.1, 0.15) is 17.7 Å². The Kier molecular flexibility index (Phi) is 11.9. The molecular weight excluding hydrogens is 658 g/mol. The normalized spacial score (nSPS) is 24.7. The SMILES string of the molecule is C=CCCC(=O)N(C)[C@H](C)[C@H](OC(=O)[C@@H]1[C@@H]2CC[C@]3(O2)[C@H](C(=O)N(CC=C)c2c(C)cccc2Cl)N(CCCCO)C(=O)[C@@H]13)c1ccccc1. The smallest absolute Gasteiger partial charge is 0.313 e.